The molecular formula is C23H24ClN5O. The lowest BCUT2D eigenvalue weighted by Gasteiger charge is -2.13. The number of methoxy groups -OCH3 is 1. The predicted molar refractivity (Wildman–Crippen MR) is 119 cm³/mol. The van der Waals surface area contributed by atoms with Gasteiger partial charge in [-0.15, -0.1) is 0 Å². The van der Waals surface area contributed by atoms with Crippen LogP contribution in [0.2, 0.25) is 5.02 Å². The van der Waals surface area contributed by atoms with Crippen molar-refractivity contribution in [3.63, 3.8) is 0 Å². The third kappa shape index (κ3) is 4.25. The monoisotopic (exact) mass is 421 g/mol. The Morgan fingerprint density at radius 1 is 1.07 bits per heavy atom. The quantitative estimate of drug-likeness (QED) is 0.462. The van der Waals surface area contributed by atoms with E-state index in [1.54, 1.807) is 7.11 Å². The highest BCUT2D eigenvalue weighted by Crippen LogP contribution is 2.22. The molecule has 0 amide bonds. The molecule has 2 aromatic carbocycles. The first-order valence-corrected chi connectivity index (χ1v) is 10.1. The largest absolute Gasteiger partial charge is 0.497 e. The van der Waals surface area contributed by atoms with E-state index in [0.717, 1.165) is 33.9 Å². The summed E-state index contributed by atoms with van der Waals surface area (Å²) in [6.45, 7) is 4.93. The third-order valence-electron chi connectivity index (χ3n) is 5.15. The van der Waals surface area contributed by atoms with Gasteiger partial charge in [0.25, 0.3) is 0 Å². The third-order valence-corrected chi connectivity index (χ3v) is 5.39. The van der Waals surface area contributed by atoms with Crippen LogP contribution in [0.25, 0.3) is 11.4 Å². The second-order valence-electron chi connectivity index (χ2n) is 7.17. The van der Waals surface area contributed by atoms with E-state index in [9.17, 15) is 0 Å². The molecule has 1 unspecified atom stereocenters. The van der Waals surface area contributed by atoms with Gasteiger partial charge in [-0.2, -0.15) is 10.2 Å². The standard InChI is InChI=1S/C23H24ClN5O/c1-16(23-14-27-29(17(23)2)20-7-9-22(30-3)10-8-20)25-12-18-13-26-28(15-18)21-6-4-5-19(24)11-21/h4-11,13-16,25H,12H2,1-3H3. The zero-order chi connectivity index (χ0) is 21.1. The van der Waals surface area contributed by atoms with Crippen molar-refractivity contribution in [2.45, 2.75) is 26.4 Å². The fourth-order valence-corrected chi connectivity index (χ4v) is 3.61. The first-order chi connectivity index (χ1) is 14.5. The lowest BCUT2D eigenvalue weighted by molar-refractivity contribution is 0.414. The van der Waals surface area contributed by atoms with Crippen molar-refractivity contribution < 1.29 is 4.74 Å². The number of aromatic nitrogens is 4. The smallest absolute Gasteiger partial charge is 0.119 e. The molecule has 0 radical (unpaired) electrons. The number of rotatable bonds is 7. The van der Waals surface area contributed by atoms with Crippen molar-refractivity contribution in [2.24, 2.45) is 0 Å². The minimum atomic E-state index is 0.145. The summed E-state index contributed by atoms with van der Waals surface area (Å²) in [5.41, 5.74) is 5.32. The lowest BCUT2D eigenvalue weighted by Crippen LogP contribution is -2.18. The van der Waals surface area contributed by atoms with Crippen molar-refractivity contribution in [1.82, 2.24) is 24.9 Å². The summed E-state index contributed by atoms with van der Waals surface area (Å²) in [6.07, 6.45) is 5.81. The molecule has 154 valence electrons. The fraction of sp³-hybridized carbons (Fsp3) is 0.217. The van der Waals surface area contributed by atoms with Crippen LogP contribution in [-0.2, 0) is 6.54 Å². The normalized spacial score (nSPS) is 12.1. The Labute approximate surface area is 181 Å². The molecule has 30 heavy (non-hydrogen) atoms. The molecule has 7 heteroatoms. The minimum Gasteiger partial charge on any atom is -0.497 e. The molecule has 0 saturated carbocycles. The summed E-state index contributed by atoms with van der Waals surface area (Å²) in [7, 11) is 1.67. The van der Waals surface area contributed by atoms with Crippen LogP contribution in [0, 0.1) is 6.92 Å². The zero-order valence-corrected chi connectivity index (χ0v) is 18.0. The molecule has 2 heterocycles. The van der Waals surface area contributed by atoms with Crippen molar-refractivity contribution in [1.29, 1.82) is 0 Å². The highest BCUT2D eigenvalue weighted by Gasteiger charge is 2.14. The molecule has 0 aliphatic heterocycles. The molecule has 1 atom stereocenters. The van der Waals surface area contributed by atoms with Crippen molar-refractivity contribution in [2.75, 3.05) is 7.11 Å². The summed E-state index contributed by atoms with van der Waals surface area (Å²) < 4.78 is 9.02. The van der Waals surface area contributed by atoms with E-state index < -0.39 is 0 Å². The first kappa shape index (κ1) is 20.2. The van der Waals surface area contributed by atoms with Gasteiger partial charge in [0.1, 0.15) is 5.75 Å². The maximum absolute atomic E-state index is 6.08. The van der Waals surface area contributed by atoms with Gasteiger partial charge < -0.3 is 10.1 Å². The van der Waals surface area contributed by atoms with Crippen LogP contribution < -0.4 is 10.1 Å². The number of hydrogen-bond donors (Lipinski definition) is 1. The number of hydrogen-bond acceptors (Lipinski definition) is 4. The average molecular weight is 422 g/mol. The van der Waals surface area contributed by atoms with Gasteiger partial charge in [-0.05, 0) is 56.3 Å². The highest BCUT2D eigenvalue weighted by atomic mass is 35.5. The molecule has 0 aliphatic rings. The van der Waals surface area contributed by atoms with Gasteiger partial charge in [-0.25, -0.2) is 9.36 Å². The van der Waals surface area contributed by atoms with Crippen LogP contribution in [-0.4, -0.2) is 26.7 Å². The Morgan fingerprint density at radius 3 is 2.60 bits per heavy atom. The second kappa shape index (κ2) is 8.73. The van der Waals surface area contributed by atoms with Crippen LogP contribution >= 0.6 is 11.6 Å². The van der Waals surface area contributed by atoms with Gasteiger partial charge in [0.15, 0.2) is 0 Å². The van der Waals surface area contributed by atoms with E-state index in [0.29, 0.717) is 11.6 Å². The maximum Gasteiger partial charge on any atom is 0.119 e. The Hall–Kier alpha value is -3.09. The molecule has 0 fully saturated rings. The van der Waals surface area contributed by atoms with Gasteiger partial charge in [0.2, 0.25) is 0 Å². The van der Waals surface area contributed by atoms with Crippen molar-refractivity contribution >= 4 is 11.6 Å². The molecule has 6 nitrogen and oxygen atoms in total. The summed E-state index contributed by atoms with van der Waals surface area (Å²) in [5.74, 6) is 0.831. The number of nitrogens with one attached hydrogen (secondary N) is 1. The Kier molecular flexibility index (Phi) is 5.88. The van der Waals surface area contributed by atoms with E-state index in [4.69, 9.17) is 16.3 Å². The molecule has 0 spiro atoms. The van der Waals surface area contributed by atoms with Crippen molar-refractivity contribution in [3.8, 4) is 17.1 Å². The van der Waals surface area contributed by atoms with E-state index >= 15 is 0 Å². The Bertz CT molecular complexity index is 1130. The van der Waals surface area contributed by atoms with Gasteiger partial charge in [-0.1, -0.05) is 17.7 Å². The summed E-state index contributed by atoms with van der Waals surface area (Å²) >= 11 is 6.08. The molecular weight excluding hydrogens is 398 g/mol. The average Bonchev–Trinajstić information content (AvgIpc) is 3.39. The summed E-state index contributed by atoms with van der Waals surface area (Å²) in [5, 5.41) is 13.3. The predicted octanol–water partition coefficient (Wildman–Crippen LogP) is 4.88. The molecule has 4 aromatic rings. The highest BCUT2D eigenvalue weighted by molar-refractivity contribution is 6.30. The summed E-state index contributed by atoms with van der Waals surface area (Å²) in [4.78, 5) is 0. The fourth-order valence-electron chi connectivity index (χ4n) is 3.42. The minimum absolute atomic E-state index is 0.145. The van der Waals surface area contributed by atoms with Crippen LogP contribution in [0.15, 0.2) is 67.1 Å². The van der Waals surface area contributed by atoms with Gasteiger partial charge >= 0.3 is 0 Å². The number of nitrogens with zero attached hydrogens (tertiary/aromatic N) is 4. The molecule has 0 bridgehead atoms. The molecule has 0 aliphatic carbocycles. The van der Waals surface area contributed by atoms with Crippen LogP contribution in [0.5, 0.6) is 5.75 Å². The van der Waals surface area contributed by atoms with Gasteiger partial charge in [0.05, 0.1) is 30.9 Å². The maximum atomic E-state index is 6.08. The molecule has 4 rings (SSSR count). The van der Waals surface area contributed by atoms with Gasteiger partial charge in [0, 0.05) is 40.6 Å². The van der Waals surface area contributed by atoms with E-state index in [-0.39, 0.29) is 6.04 Å². The number of benzene rings is 2. The Balaban J connectivity index is 1.43. The molecule has 1 N–H and O–H groups in total. The van der Waals surface area contributed by atoms with E-state index in [1.807, 2.05) is 76.5 Å². The lowest BCUT2D eigenvalue weighted by atomic mass is 10.1. The first-order valence-electron chi connectivity index (χ1n) is 9.77. The van der Waals surface area contributed by atoms with Crippen LogP contribution in [0.4, 0.5) is 0 Å². The van der Waals surface area contributed by atoms with Crippen LogP contribution in [0.3, 0.4) is 0 Å². The SMILES string of the molecule is COc1ccc(-n2ncc(C(C)NCc3cnn(-c4cccc(Cl)c4)c3)c2C)cc1. The summed E-state index contributed by atoms with van der Waals surface area (Å²) in [6, 6.07) is 15.7. The van der Waals surface area contributed by atoms with E-state index in [1.165, 1.54) is 0 Å². The van der Waals surface area contributed by atoms with Gasteiger partial charge in [-0.3, -0.25) is 0 Å². The van der Waals surface area contributed by atoms with Crippen LogP contribution in [0.1, 0.15) is 29.8 Å². The zero-order valence-electron chi connectivity index (χ0n) is 17.2. The molecule has 2 aromatic heterocycles. The van der Waals surface area contributed by atoms with Crippen molar-refractivity contribution in [3.05, 3.63) is 89.0 Å². The van der Waals surface area contributed by atoms with E-state index in [2.05, 4.69) is 29.4 Å². The molecule has 0 saturated heterocycles. The number of ether oxygens (including phenoxy) is 1. The Morgan fingerprint density at radius 2 is 1.87 bits per heavy atom. The number of halogens is 1. The topological polar surface area (TPSA) is 56.9 Å². The second-order valence-corrected chi connectivity index (χ2v) is 7.61.